The van der Waals surface area contributed by atoms with Crippen molar-refractivity contribution < 1.29 is 27.1 Å². The van der Waals surface area contributed by atoms with E-state index in [2.05, 4.69) is 25.6 Å². The van der Waals surface area contributed by atoms with Crippen molar-refractivity contribution in [3.8, 4) is 17.1 Å². The number of alkyl halides is 3. The number of carbonyl (C=O) groups is 1. The first-order chi connectivity index (χ1) is 14.3. The number of nitrogens with zero attached hydrogens (tertiary/aromatic N) is 3. The first-order valence-corrected chi connectivity index (χ1v) is 8.46. The Morgan fingerprint density at radius 3 is 2.60 bits per heavy atom. The zero-order valence-corrected chi connectivity index (χ0v) is 15.7. The minimum atomic E-state index is -4.87. The molecule has 2 N–H and O–H groups in total. The zero-order chi connectivity index (χ0) is 21.9. The van der Waals surface area contributed by atoms with Crippen molar-refractivity contribution in [3.05, 3.63) is 59.8 Å². The van der Waals surface area contributed by atoms with E-state index in [1.54, 1.807) is 0 Å². The molecule has 2 aromatic heterocycles. The van der Waals surface area contributed by atoms with Crippen LogP contribution < -0.4 is 15.4 Å². The van der Waals surface area contributed by atoms with E-state index in [-0.39, 0.29) is 23.0 Å². The lowest BCUT2D eigenvalue weighted by Gasteiger charge is -2.14. The number of carbonyl (C=O) groups excluding carboxylic acids is 1. The van der Waals surface area contributed by atoms with Crippen LogP contribution in [0.4, 0.5) is 29.1 Å². The average molecular weight is 421 g/mol. The predicted molar refractivity (Wildman–Crippen MR) is 99.9 cm³/mol. The topological polar surface area (TPSA) is 89.0 Å². The first kappa shape index (κ1) is 21.0. The van der Waals surface area contributed by atoms with Crippen LogP contribution in [0.15, 0.2) is 42.9 Å². The highest BCUT2D eigenvalue weighted by Crippen LogP contribution is 2.36. The highest BCUT2D eigenvalue weighted by Gasteiger charge is 2.35. The van der Waals surface area contributed by atoms with Gasteiger partial charge in [0.2, 0.25) is 0 Å². The summed E-state index contributed by atoms with van der Waals surface area (Å²) >= 11 is 0. The van der Waals surface area contributed by atoms with Crippen molar-refractivity contribution in [3.63, 3.8) is 0 Å². The van der Waals surface area contributed by atoms with Crippen LogP contribution in [0.1, 0.15) is 15.9 Å². The molecule has 7 nitrogen and oxygen atoms in total. The minimum absolute atomic E-state index is 0.0238. The Morgan fingerprint density at radius 2 is 1.93 bits per heavy atom. The fourth-order valence-electron chi connectivity index (χ4n) is 2.61. The van der Waals surface area contributed by atoms with Gasteiger partial charge in [0, 0.05) is 19.4 Å². The molecule has 0 saturated carbocycles. The number of amides is 1. The van der Waals surface area contributed by atoms with Crippen molar-refractivity contribution in [1.29, 1.82) is 0 Å². The van der Waals surface area contributed by atoms with Crippen molar-refractivity contribution in [2.45, 2.75) is 6.18 Å². The smallest absolute Gasteiger partial charge is 0.419 e. The molecular weight excluding hydrogens is 406 g/mol. The molecule has 0 atom stereocenters. The van der Waals surface area contributed by atoms with E-state index in [0.717, 1.165) is 12.1 Å². The van der Waals surface area contributed by atoms with Crippen LogP contribution in [0.5, 0.6) is 5.75 Å². The second-order valence-electron chi connectivity index (χ2n) is 5.90. The largest absolute Gasteiger partial charge is 0.491 e. The van der Waals surface area contributed by atoms with Gasteiger partial charge in [-0.05, 0) is 18.2 Å². The number of ether oxygens (including phenoxy) is 1. The van der Waals surface area contributed by atoms with E-state index in [0.29, 0.717) is 11.8 Å². The third kappa shape index (κ3) is 4.14. The van der Waals surface area contributed by atoms with Crippen LogP contribution in [0.2, 0.25) is 0 Å². The summed E-state index contributed by atoms with van der Waals surface area (Å²) in [5.41, 5.74) is -1.37. The Hall–Kier alpha value is -3.76. The molecule has 1 aromatic carbocycles. The maximum atomic E-state index is 14.5. The summed E-state index contributed by atoms with van der Waals surface area (Å²) in [7, 11) is 2.78. The number of benzene rings is 1. The number of pyridine rings is 1. The van der Waals surface area contributed by atoms with E-state index in [1.165, 1.54) is 38.8 Å². The minimum Gasteiger partial charge on any atom is -0.491 e. The van der Waals surface area contributed by atoms with Gasteiger partial charge in [-0.3, -0.25) is 9.78 Å². The summed E-state index contributed by atoms with van der Waals surface area (Å²) in [6.07, 6.45) is -0.934. The lowest BCUT2D eigenvalue weighted by Crippen LogP contribution is -2.19. The van der Waals surface area contributed by atoms with Crippen molar-refractivity contribution in [2.24, 2.45) is 0 Å². The van der Waals surface area contributed by atoms with Gasteiger partial charge in [0.25, 0.3) is 5.91 Å². The number of hydrogen-bond acceptors (Lipinski definition) is 6. The summed E-state index contributed by atoms with van der Waals surface area (Å²) in [4.78, 5) is 23.9. The molecule has 11 heteroatoms. The van der Waals surface area contributed by atoms with Crippen LogP contribution in [-0.4, -0.2) is 35.0 Å². The van der Waals surface area contributed by atoms with Gasteiger partial charge in [0.15, 0.2) is 17.4 Å². The van der Waals surface area contributed by atoms with Gasteiger partial charge in [-0.25, -0.2) is 14.4 Å². The van der Waals surface area contributed by atoms with Crippen LogP contribution in [0.3, 0.4) is 0 Å². The molecule has 0 spiro atoms. The molecule has 2 heterocycles. The highest BCUT2D eigenvalue weighted by molar-refractivity contribution is 5.99. The first-order valence-electron chi connectivity index (χ1n) is 8.46. The molecule has 0 aliphatic carbocycles. The molecular formula is C19H15F4N5O2. The summed E-state index contributed by atoms with van der Waals surface area (Å²) < 4.78 is 58.7. The van der Waals surface area contributed by atoms with Gasteiger partial charge in [-0.1, -0.05) is 6.07 Å². The van der Waals surface area contributed by atoms with Crippen molar-refractivity contribution in [1.82, 2.24) is 20.3 Å². The normalized spacial score (nSPS) is 11.1. The molecule has 0 unspecified atom stereocenters. The molecule has 0 fully saturated rings. The highest BCUT2D eigenvalue weighted by atomic mass is 19.4. The maximum absolute atomic E-state index is 14.5. The van der Waals surface area contributed by atoms with Gasteiger partial charge in [0.05, 0.1) is 35.7 Å². The van der Waals surface area contributed by atoms with E-state index in [1.807, 2.05) is 0 Å². The Bertz CT molecular complexity index is 1090. The monoisotopic (exact) mass is 421 g/mol. The molecule has 0 radical (unpaired) electrons. The Kier molecular flexibility index (Phi) is 5.81. The van der Waals surface area contributed by atoms with E-state index in [9.17, 15) is 22.4 Å². The molecule has 0 bridgehead atoms. The maximum Gasteiger partial charge on any atom is 0.419 e. The van der Waals surface area contributed by atoms with Gasteiger partial charge in [-0.15, -0.1) is 0 Å². The number of nitrogens with one attached hydrogen (secondary N) is 2. The van der Waals surface area contributed by atoms with E-state index >= 15 is 0 Å². The molecule has 0 aliphatic heterocycles. The van der Waals surface area contributed by atoms with Crippen molar-refractivity contribution in [2.75, 3.05) is 19.5 Å². The lowest BCUT2D eigenvalue weighted by atomic mass is 10.1. The fraction of sp³-hybridized carbons (Fsp3) is 0.158. The second kappa shape index (κ2) is 8.31. The number of methoxy groups -OCH3 is 1. The number of hydrogen-bond donors (Lipinski definition) is 2. The summed E-state index contributed by atoms with van der Waals surface area (Å²) in [5, 5.41) is 5.32. The third-order valence-corrected chi connectivity index (χ3v) is 4.07. The standard InChI is InChI=1S/C19H15F4N5O2/c1-24-18(29)11-8-25-7-6-13(11)27-17-14(30-2)9-26-16(28-17)10-4-3-5-12(15(10)20)19(21,22)23/h3-9H,1-2H3,(H,24,29)(H,25,26,27,28). The fourth-order valence-corrected chi connectivity index (χ4v) is 2.61. The Morgan fingerprint density at radius 1 is 1.17 bits per heavy atom. The third-order valence-electron chi connectivity index (χ3n) is 4.07. The zero-order valence-electron chi connectivity index (χ0n) is 15.7. The molecule has 3 rings (SSSR count). The lowest BCUT2D eigenvalue weighted by molar-refractivity contribution is -0.139. The Balaban J connectivity index is 2.08. The van der Waals surface area contributed by atoms with E-state index in [4.69, 9.17) is 4.74 Å². The number of aromatic nitrogens is 3. The van der Waals surface area contributed by atoms with Gasteiger partial charge < -0.3 is 15.4 Å². The molecule has 1 amide bonds. The predicted octanol–water partition coefficient (Wildman–Crippen LogP) is 3.81. The molecule has 0 aliphatic rings. The SMILES string of the molecule is CNC(=O)c1cnccc1Nc1nc(-c2cccc(C(F)(F)F)c2F)ncc1OC. The molecule has 156 valence electrons. The quantitative estimate of drug-likeness (QED) is 0.609. The Labute approximate surface area is 168 Å². The number of anilines is 2. The summed E-state index contributed by atoms with van der Waals surface area (Å²) in [6, 6.07) is 4.33. The van der Waals surface area contributed by atoms with Gasteiger partial charge >= 0.3 is 6.18 Å². The van der Waals surface area contributed by atoms with Crippen LogP contribution in [0, 0.1) is 5.82 Å². The number of halogens is 4. The van der Waals surface area contributed by atoms with Crippen LogP contribution in [-0.2, 0) is 6.18 Å². The summed E-state index contributed by atoms with van der Waals surface area (Å²) in [5.74, 6) is -2.06. The average Bonchev–Trinajstić information content (AvgIpc) is 2.73. The summed E-state index contributed by atoms with van der Waals surface area (Å²) in [6.45, 7) is 0. The molecule has 0 saturated heterocycles. The van der Waals surface area contributed by atoms with Crippen molar-refractivity contribution >= 4 is 17.4 Å². The second-order valence-corrected chi connectivity index (χ2v) is 5.90. The number of rotatable bonds is 5. The van der Waals surface area contributed by atoms with Gasteiger partial charge in [-0.2, -0.15) is 13.2 Å². The van der Waals surface area contributed by atoms with E-state index < -0.39 is 29.0 Å². The van der Waals surface area contributed by atoms with Crippen LogP contribution >= 0.6 is 0 Å². The van der Waals surface area contributed by atoms with Gasteiger partial charge in [0.1, 0.15) is 5.82 Å². The molecule has 30 heavy (non-hydrogen) atoms. The van der Waals surface area contributed by atoms with Crippen LogP contribution in [0.25, 0.3) is 11.4 Å². The molecule has 3 aromatic rings.